The molecule has 1 aromatic carbocycles. The first-order valence-electron chi connectivity index (χ1n) is 6.12. The molecule has 0 aromatic heterocycles. The van der Waals surface area contributed by atoms with E-state index in [0.29, 0.717) is 0 Å². The largest absolute Gasteiger partial charge is 0.466 e. The number of hydrogen-bond acceptors (Lipinski definition) is 2. The van der Waals surface area contributed by atoms with E-state index in [9.17, 15) is 4.79 Å². The minimum absolute atomic E-state index is 0.218. The molecule has 0 unspecified atom stereocenters. The second kappa shape index (κ2) is 7.66. The third kappa shape index (κ3) is 4.85. The summed E-state index contributed by atoms with van der Waals surface area (Å²) in [5.41, 5.74) is 1.80. The van der Waals surface area contributed by atoms with E-state index in [0.717, 1.165) is 36.8 Å². The zero-order chi connectivity index (χ0) is 12.5. The average molecular weight is 232 g/mol. The van der Waals surface area contributed by atoms with Gasteiger partial charge in [-0.2, -0.15) is 0 Å². The predicted molar refractivity (Wildman–Crippen MR) is 70.6 cm³/mol. The zero-order valence-electron chi connectivity index (χ0n) is 10.6. The van der Waals surface area contributed by atoms with Crippen LogP contribution in [0, 0.1) is 0 Å². The number of methoxy groups -OCH3 is 1. The van der Waals surface area contributed by atoms with Crippen LogP contribution in [0.1, 0.15) is 38.2 Å². The Bertz CT molecular complexity index is 366. The van der Waals surface area contributed by atoms with Crippen molar-refractivity contribution < 1.29 is 9.53 Å². The van der Waals surface area contributed by atoms with Crippen LogP contribution in [0.4, 0.5) is 0 Å². The molecule has 0 N–H and O–H groups in total. The fraction of sp³-hybridized carbons (Fsp3) is 0.400. The van der Waals surface area contributed by atoms with Crippen molar-refractivity contribution in [3.8, 4) is 0 Å². The van der Waals surface area contributed by atoms with Crippen molar-refractivity contribution in [1.29, 1.82) is 0 Å². The lowest BCUT2D eigenvalue weighted by atomic mass is 10.0. The summed E-state index contributed by atoms with van der Waals surface area (Å²) in [6.07, 6.45) is 6.03. The molecule has 0 amide bonds. The van der Waals surface area contributed by atoms with E-state index < -0.39 is 0 Å². The van der Waals surface area contributed by atoms with Gasteiger partial charge < -0.3 is 4.74 Å². The molecule has 0 saturated carbocycles. The smallest absolute Gasteiger partial charge is 0.333 e. The highest BCUT2D eigenvalue weighted by Crippen LogP contribution is 2.15. The summed E-state index contributed by atoms with van der Waals surface area (Å²) >= 11 is 0. The summed E-state index contributed by atoms with van der Waals surface area (Å²) in [6.45, 7) is 2.15. The second-order valence-corrected chi connectivity index (χ2v) is 4.03. The molecule has 0 saturated heterocycles. The SMILES string of the molecule is CCCCC/C(=C/c1ccccc1)C(=O)OC. The van der Waals surface area contributed by atoms with Gasteiger partial charge >= 0.3 is 5.97 Å². The number of carbonyl (C=O) groups is 1. The van der Waals surface area contributed by atoms with Crippen molar-refractivity contribution in [3.05, 3.63) is 41.5 Å². The molecule has 0 fully saturated rings. The van der Waals surface area contributed by atoms with Gasteiger partial charge in [0.1, 0.15) is 0 Å². The van der Waals surface area contributed by atoms with E-state index in [4.69, 9.17) is 4.74 Å². The Morgan fingerprint density at radius 3 is 2.53 bits per heavy atom. The third-order valence-corrected chi connectivity index (χ3v) is 2.64. The van der Waals surface area contributed by atoms with Crippen LogP contribution in [0.2, 0.25) is 0 Å². The van der Waals surface area contributed by atoms with Gasteiger partial charge in [-0.15, -0.1) is 0 Å². The highest BCUT2D eigenvalue weighted by molar-refractivity contribution is 5.93. The minimum atomic E-state index is -0.218. The Labute approximate surface area is 103 Å². The van der Waals surface area contributed by atoms with Gasteiger partial charge in [-0.25, -0.2) is 4.79 Å². The minimum Gasteiger partial charge on any atom is -0.466 e. The van der Waals surface area contributed by atoms with Crippen LogP contribution in [0.25, 0.3) is 6.08 Å². The molecule has 92 valence electrons. The van der Waals surface area contributed by atoms with Gasteiger partial charge in [-0.05, 0) is 24.5 Å². The average Bonchev–Trinajstić information content (AvgIpc) is 2.38. The van der Waals surface area contributed by atoms with Crippen LogP contribution in [-0.4, -0.2) is 13.1 Å². The summed E-state index contributed by atoms with van der Waals surface area (Å²) in [5, 5.41) is 0. The molecule has 2 nitrogen and oxygen atoms in total. The van der Waals surface area contributed by atoms with Gasteiger partial charge in [0.05, 0.1) is 7.11 Å². The molecule has 1 rings (SSSR count). The zero-order valence-corrected chi connectivity index (χ0v) is 10.6. The number of carbonyl (C=O) groups excluding carboxylic acids is 1. The molecule has 0 aliphatic rings. The first-order valence-corrected chi connectivity index (χ1v) is 6.12. The third-order valence-electron chi connectivity index (χ3n) is 2.64. The molecule has 17 heavy (non-hydrogen) atoms. The number of ether oxygens (including phenoxy) is 1. The summed E-state index contributed by atoms with van der Waals surface area (Å²) in [7, 11) is 1.43. The molecule has 0 aliphatic heterocycles. The number of benzene rings is 1. The van der Waals surface area contributed by atoms with Gasteiger partial charge in [0, 0.05) is 5.57 Å². The van der Waals surface area contributed by atoms with Crippen LogP contribution in [0.5, 0.6) is 0 Å². The van der Waals surface area contributed by atoms with Gasteiger partial charge in [0.2, 0.25) is 0 Å². The van der Waals surface area contributed by atoms with Crippen molar-refractivity contribution in [2.45, 2.75) is 32.6 Å². The summed E-state index contributed by atoms with van der Waals surface area (Å²) in [4.78, 5) is 11.6. The van der Waals surface area contributed by atoms with Crippen molar-refractivity contribution in [3.63, 3.8) is 0 Å². The van der Waals surface area contributed by atoms with Crippen molar-refractivity contribution in [1.82, 2.24) is 0 Å². The first kappa shape index (κ1) is 13.5. The fourth-order valence-electron chi connectivity index (χ4n) is 1.68. The molecule has 0 atom stereocenters. The van der Waals surface area contributed by atoms with Gasteiger partial charge in [0.25, 0.3) is 0 Å². The van der Waals surface area contributed by atoms with Gasteiger partial charge in [-0.3, -0.25) is 0 Å². The Balaban J connectivity index is 2.75. The summed E-state index contributed by atoms with van der Waals surface area (Å²) in [5.74, 6) is -0.218. The molecular weight excluding hydrogens is 212 g/mol. The van der Waals surface area contributed by atoms with E-state index in [1.807, 2.05) is 36.4 Å². The topological polar surface area (TPSA) is 26.3 Å². The van der Waals surface area contributed by atoms with Crippen molar-refractivity contribution >= 4 is 12.0 Å². The molecule has 2 heteroatoms. The Morgan fingerprint density at radius 1 is 1.24 bits per heavy atom. The van der Waals surface area contributed by atoms with Crippen molar-refractivity contribution in [2.24, 2.45) is 0 Å². The molecule has 0 radical (unpaired) electrons. The Hall–Kier alpha value is -1.57. The van der Waals surface area contributed by atoms with Crippen LogP contribution in [0.3, 0.4) is 0 Å². The number of hydrogen-bond donors (Lipinski definition) is 0. The van der Waals surface area contributed by atoms with E-state index in [-0.39, 0.29) is 5.97 Å². The highest BCUT2D eigenvalue weighted by atomic mass is 16.5. The standard InChI is InChI=1S/C15H20O2/c1-3-4-6-11-14(15(16)17-2)12-13-9-7-5-8-10-13/h5,7-10,12H,3-4,6,11H2,1-2H3/b14-12-. The van der Waals surface area contributed by atoms with Gasteiger partial charge in [-0.1, -0.05) is 50.1 Å². The molecule has 0 bridgehead atoms. The maximum Gasteiger partial charge on any atom is 0.333 e. The fourth-order valence-corrected chi connectivity index (χ4v) is 1.68. The molecule has 0 aliphatic carbocycles. The summed E-state index contributed by atoms with van der Waals surface area (Å²) in [6, 6.07) is 9.87. The maximum absolute atomic E-state index is 11.6. The molecule has 0 spiro atoms. The highest BCUT2D eigenvalue weighted by Gasteiger charge is 2.08. The van der Waals surface area contributed by atoms with E-state index >= 15 is 0 Å². The normalized spacial score (nSPS) is 11.3. The maximum atomic E-state index is 11.6. The molecular formula is C15H20O2. The van der Waals surface area contributed by atoms with Crippen LogP contribution in [-0.2, 0) is 9.53 Å². The molecule has 0 heterocycles. The van der Waals surface area contributed by atoms with Crippen LogP contribution in [0.15, 0.2) is 35.9 Å². The van der Waals surface area contributed by atoms with Crippen molar-refractivity contribution in [2.75, 3.05) is 7.11 Å². The van der Waals surface area contributed by atoms with Gasteiger partial charge in [0.15, 0.2) is 0 Å². The number of rotatable bonds is 6. The quantitative estimate of drug-likeness (QED) is 0.423. The number of esters is 1. The van der Waals surface area contributed by atoms with E-state index in [1.165, 1.54) is 7.11 Å². The monoisotopic (exact) mass is 232 g/mol. The van der Waals surface area contributed by atoms with E-state index in [1.54, 1.807) is 0 Å². The second-order valence-electron chi connectivity index (χ2n) is 4.03. The van der Waals surface area contributed by atoms with E-state index in [2.05, 4.69) is 6.92 Å². The van der Waals surface area contributed by atoms with Crippen LogP contribution >= 0.6 is 0 Å². The van der Waals surface area contributed by atoms with Crippen LogP contribution < -0.4 is 0 Å². The Morgan fingerprint density at radius 2 is 1.94 bits per heavy atom. The predicted octanol–water partition coefficient (Wildman–Crippen LogP) is 3.82. The number of unbranched alkanes of at least 4 members (excludes halogenated alkanes) is 2. The lowest BCUT2D eigenvalue weighted by molar-refractivity contribution is -0.136. The lowest BCUT2D eigenvalue weighted by Crippen LogP contribution is -2.04. The molecule has 1 aromatic rings. The summed E-state index contributed by atoms with van der Waals surface area (Å²) < 4.78 is 4.81. The lowest BCUT2D eigenvalue weighted by Gasteiger charge is -2.05. The Kier molecular flexibility index (Phi) is 6.08. The first-order chi connectivity index (χ1) is 8.27.